The molecule has 2 N–H and O–H groups in total. The number of nitrogens with one attached hydrogen (secondary N) is 2. The molecule has 0 bridgehead atoms. The summed E-state index contributed by atoms with van der Waals surface area (Å²) in [7, 11) is 3.02. The number of nitrogens with zero attached hydrogens (tertiary/aromatic N) is 1. The van der Waals surface area contributed by atoms with Gasteiger partial charge in [-0.3, -0.25) is 9.69 Å². The van der Waals surface area contributed by atoms with Crippen LogP contribution in [0.3, 0.4) is 0 Å². The monoisotopic (exact) mass is 469 g/mol. The number of cyclic esters (lactones) is 1. The normalized spacial score (nSPS) is 17.3. The van der Waals surface area contributed by atoms with Crippen molar-refractivity contribution in [1.82, 2.24) is 10.2 Å². The van der Waals surface area contributed by atoms with Crippen molar-refractivity contribution in [2.75, 3.05) is 38.9 Å². The Morgan fingerprint density at radius 1 is 1.15 bits per heavy atom. The van der Waals surface area contributed by atoms with Gasteiger partial charge in [0.1, 0.15) is 13.2 Å². The van der Waals surface area contributed by atoms with E-state index in [1.165, 1.54) is 19.1 Å². The van der Waals surface area contributed by atoms with Crippen LogP contribution in [-0.2, 0) is 14.3 Å². The molecule has 0 saturated heterocycles. The number of rotatable bonds is 7. The van der Waals surface area contributed by atoms with Gasteiger partial charge in [0, 0.05) is 16.6 Å². The number of hydrogen-bond acceptors (Lipinski definition) is 7. The van der Waals surface area contributed by atoms with E-state index in [0.29, 0.717) is 28.5 Å². The zero-order chi connectivity index (χ0) is 23.5. The lowest BCUT2D eigenvalue weighted by Gasteiger charge is -2.32. The summed E-state index contributed by atoms with van der Waals surface area (Å²) in [6.45, 7) is -0.349. The number of urea groups is 1. The lowest BCUT2D eigenvalue weighted by Crippen LogP contribution is -2.49. The van der Waals surface area contributed by atoms with Gasteiger partial charge in [-0.15, -0.1) is 11.8 Å². The molecule has 0 aromatic heterocycles. The summed E-state index contributed by atoms with van der Waals surface area (Å²) in [6.07, 6.45) is 1.97. The largest absolute Gasteiger partial charge is 0.493 e. The number of hydrogen-bond donors (Lipinski definition) is 2. The first-order valence-corrected chi connectivity index (χ1v) is 11.3. The standard InChI is InChI=1S/C23H23N3O6S/c1-30-17-9-6-14(10-18(17)31-2)24-19(27)11-26-16-12-32-22(28)20(16)21(25-23(26)29)13-4-7-15(33-3)8-5-13/h4-10,21H,11-12H2,1-3H3,(H,24,27)(H,25,29). The van der Waals surface area contributed by atoms with E-state index in [1.807, 2.05) is 30.5 Å². The average Bonchev–Trinajstić information content (AvgIpc) is 3.22. The van der Waals surface area contributed by atoms with Gasteiger partial charge in [0.05, 0.1) is 31.5 Å². The first-order valence-electron chi connectivity index (χ1n) is 10.1. The summed E-state index contributed by atoms with van der Waals surface area (Å²) in [5.41, 5.74) is 1.98. The summed E-state index contributed by atoms with van der Waals surface area (Å²) in [5.74, 6) is 0.0423. The van der Waals surface area contributed by atoms with Crippen LogP contribution in [0.15, 0.2) is 58.6 Å². The van der Waals surface area contributed by atoms with Crippen LogP contribution in [0.4, 0.5) is 10.5 Å². The molecule has 4 rings (SSSR count). The van der Waals surface area contributed by atoms with Gasteiger partial charge in [-0.1, -0.05) is 12.1 Å². The molecule has 9 nitrogen and oxygen atoms in total. The highest BCUT2D eigenvalue weighted by Gasteiger charge is 2.42. The maximum Gasteiger partial charge on any atom is 0.338 e. The third-order valence-electron chi connectivity index (χ3n) is 5.42. The van der Waals surface area contributed by atoms with Gasteiger partial charge < -0.3 is 24.8 Å². The van der Waals surface area contributed by atoms with Crippen molar-refractivity contribution in [3.8, 4) is 11.5 Å². The molecule has 172 valence electrons. The molecule has 0 saturated carbocycles. The Bertz CT molecular complexity index is 1130. The van der Waals surface area contributed by atoms with Crippen molar-refractivity contribution in [3.63, 3.8) is 0 Å². The number of carbonyl (C=O) groups excluding carboxylic acids is 3. The number of thioether (sulfide) groups is 1. The molecule has 0 radical (unpaired) electrons. The van der Waals surface area contributed by atoms with Gasteiger partial charge in [-0.25, -0.2) is 9.59 Å². The maximum absolute atomic E-state index is 12.9. The number of ether oxygens (including phenoxy) is 3. The minimum absolute atomic E-state index is 0.0649. The van der Waals surface area contributed by atoms with E-state index in [4.69, 9.17) is 14.2 Å². The van der Waals surface area contributed by atoms with Crippen molar-refractivity contribution >= 4 is 35.4 Å². The number of anilines is 1. The van der Waals surface area contributed by atoms with Crippen LogP contribution in [0.25, 0.3) is 0 Å². The molecule has 33 heavy (non-hydrogen) atoms. The Labute approximate surface area is 195 Å². The van der Waals surface area contributed by atoms with E-state index in [9.17, 15) is 14.4 Å². The van der Waals surface area contributed by atoms with Crippen LogP contribution in [0, 0.1) is 0 Å². The second-order valence-corrected chi connectivity index (χ2v) is 8.18. The van der Waals surface area contributed by atoms with Gasteiger partial charge in [0.2, 0.25) is 5.91 Å². The van der Waals surface area contributed by atoms with Crippen molar-refractivity contribution < 1.29 is 28.6 Å². The molecule has 2 aliphatic heterocycles. The van der Waals surface area contributed by atoms with E-state index in [0.717, 1.165) is 10.5 Å². The van der Waals surface area contributed by atoms with Gasteiger partial charge in [0.15, 0.2) is 11.5 Å². The van der Waals surface area contributed by atoms with Crippen LogP contribution in [-0.4, -0.2) is 56.4 Å². The molecule has 0 fully saturated rings. The van der Waals surface area contributed by atoms with Gasteiger partial charge >= 0.3 is 12.0 Å². The predicted molar refractivity (Wildman–Crippen MR) is 122 cm³/mol. The molecular weight excluding hydrogens is 446 g/mol. The molecule has 0 spiro atoms. The Hall–Kier alpha value is -3.66. The predicted octanol–water partition coefficient (Wildman–Crippen LogP) is 2.94. The minimum Gasteiger partial charge on any atom is -0.493 e. The second kappa shape index (κ2) is 9.45. The SMILES string of the molecule is COc1ccc(NC(=O)CN2C(=O)NC(c3ccc(SC)cc3)C3=C2COC3=O)cc1OC. The third-order valence-corrected chi connectivity index (χ3v) is 6.16. The van der Waals surface area contributed by atoms with E-state index < -0.39 is 23.9 Å². The summed E-state index contributed by atoms with van der Waals surface area (Å²) >= 11 is 1.60. The zero-order valence-electron chi connectivity index (χ0n) is 18.3. The lowest BCUT2D eigenvalue weighted by atomic mass is 9.96. The maximum atomic E-state index is 12.9. The van der Waals surface area contributed by atoms with Crippen molar-refractivity contribution in [2.45, 2.75) is 10.9 Å². The average molecular weight is 470 g/mol. The van der Waals surface area contributed by atoms with Crippen molar-refractivity contribution in [3.05, 3.63) is 59.3 Å². The van der Waals surface area contributed by atoms with Crippen LogP contribution in [0.5, 0.6) is 11.5 Å². The molecule has 1 atom stereocenters. The lowest BCUT2D eigenvalue weighted by molar-refractivity contribution is -0.136. The summed E-state index contributed by atoms with van der Waals surface area (Å²) in [4.78, 5) is 40.4. The van der Waals surface area contributed by atoms with Crippen LogP contribution < -0.4 is 20.1 Å². The smallest absolute Gasteiger partial charge is 0.338 e. The molecule has 1 unspecified atom stereocenters. The number of amides is 3. The van der Waals surface area contributed by atoms with E-state index >= 15 is 0 Å². The van der Waals surface area contributed by atoms with Crippen molar-refractivity contribution in [2.24, 2.45) is 0 Å². The number of esters is 1. The Balaban J connectivity index is 1.55. The molecule has 10 heteroatoms. The molecular formula is C23H23N3O6S. The number of benzene rings is 2. The van der Waals surface area contributed by atoms with E-state index in [1.54, 1.807) is 30.0 Å². The van der Waals surface area contributed by atoms with Gasteiger partial charge in [0.25, 0.3) is 0 Å². The highest BCUT2D eigenvalue weighted by Crippen LogP contribution is 2.35. The Morgan fingerprint density at radius 3 is 2.55 bits per heavy atom. The first kappa shape index (κ1) is 22.5. The first-order chi connectivity index (χ1) is 15.9. The second-order valence-electron chi connectivity index (χ2n) is 7.30. The highest BCUT2D eigenvalue weighted by atomic mass is 32.2. The fraction of sp³-hybridized carbons (Fsp3) is 0.261. The van der Waals surface area contributed by atoms with Gasteiger partial charge in [-0.2, -0.15) is 0 Å². The van der Waals surface area contributed by atoms with Crippen LogP contribution >= 0.6 is 11.8 Å². The Kier molecular flexibility index (Phi) is 6.45. The fourth-order valence-corrected chi connectivity index (χ4v) is 4.19. The quantitative estimate of drug-likeness (QED) is 0.474. The number of methoxy groups -OCH3 is 2. The molecule has 2 aromatic carbocycles. The van der Waals surface area contributed by atoms with E-state index in [-0.39, 0.29) is 13.2 Å². The zero-order valence-corrected chi connectivity index (χ0v) is 19.2. The topological polar surface area (TPSA) is 106 Å². The number of carbonyl (C=O) groups is 3. The minimum atomic E-state index is -0.636. The van der Waals surface area contributed by atoms with Gasteiger partial charge in [-0.05, 0) is 36.1 Å². The third kappa shape index (κ3) is 4.47. The molecule has 0 aliphatic carbocycles. The summed E-state index contributed by atoms with van der Waals surface area (Å²) in [5, 5.41) is 5.57. The Morgan fingerprint density at radius 2 is 1.88 bits per heavy atom. The summed E-state index contributed by atoms with van der Waals surface area (Å²) < 4.78 is 15.7. The van der Waals surface area contributed by atoms with Crippen molar-refractivity contribution in [1.29, 1.82) is 0 Å². The molecule has 2 heterocycles. The summed E-state index contributed by atoms with van der Waals surface area (Å²) in [6, 6.07) is 11.4. The van der Waals surface area contributed by atoms with E-state index in [2.05, 4.69) is 10.6 Å². The van der Waals surface area contributed by atoms with Crippen LogP contribution in [0.2, 0.25) is 0 Å². The highest BCUT2D eigenvalue weighted by molar-refractivity contribution is 7.98. The molecule has 2 aliphatic rings. The molecule has 3 amide bonds. The molecule has 2 aromatic rings. The fourth-order valence-electron chi connectivity index (χ4n) is 3.78. The van der Waals surface area contributed by atoms with Crippen LogP contribution in [0.1, 0.15) is 11.6 Å².